The Balaban J connectivity index is 2.06. The largest absolute Gasteiger partial charge is 0.478 e. The molecule has 0 unspecified atom stereocenters. The van der Waals surface area contributed by atoms with Crippen LogP contribution in [-0.2, 0) is 27.4 Å². The minimum absolute atomic E-state index is 0.150. The molecule has 2 aromatic carbocycles. The molecule has 0 spiro atoms. The molecule has 0 atom stereocenters. The van der Waals surface area contributed by atoms with Crippen molar-refractivity contribution in [2.75, 3.05) is 13.1 Å². The van der Waals surface area contributed by atoms with E-state index in [9.17, 15) is 26.4 Å². The molecule has 1 N–H and O–H groups in total. The molecule has 0 saturated heterocycles. The topological polar surface area (TPSA) is 83.9 Å². The average Bonchev–Trinajstić information content (AvgIpc) is 2.73. The summed E-state index contributed by atoms with van der Waals surface area (Å²) >= 11 is 0. The van der Waals surface area contributed by atoms with Gasteiger partial charge in [0, 0.05) is 13.1 Å². The second kappa shape index (κ2) is 10.6. The second-order valence-corrected chi connectivity index (χ2v) is 10.0. The SMILES string of the molecule is CCCN(CCCc1ccc(OC(C)(C)C(=O)O)cc1)S(=O)(=O)c1cccc(C(F)(F)F)c1. The first-order valence-electron chi connectivity index (χ1n) is 10.5. The number of nitrogens with zero attached hydrogens (tertiary/aromatic N) is 1. The molecule has 6 nitrogen and oxygen atoms in total. The number of carbonyl (C=O) groups is 1. The molecule has 33 heavy (non-hydrogen) atoms. The molecule has 0 aliphatic rings. The molecule has 0 aliphatic carbocycles. The van der Waals surface area contributed by atoms with Gasteiger partial charge in [-0.05, 0) is 69.0 Å². The zero-order valence-electron chi connectivity index (χ0n) is 18.7. The van der Waals surface area contributed by atoms with Crippen molar-refractivity contribution >= 4 is 16.0 Å². The molecule has 2 rings (SSSR count). The third-order valence-corrected chi connectivity index (χ3v) is 6.85. The summed E-state index contributed by atoms with van der Waals surface area (Å²) in [5.41, 5.74) is -1.49. The van der Waals surface area contributed by atoms with Gasteiger partial charge < -0.3 is 9.84 Å². The number of alkyl halides is 3. The third-order valence-electron chi connectivity index (χ3n) is 4.96. The van der Waals surface area contributed by atoms with E-state index in [1.54, 1.807) is 31.2 Å². The number of carboxylic acids is 1. The molecular formula is C23H28F3NO5S. The Hall–Kier alpha value is -2.59. The average molecular weight is 488 g/mol. The highest BCUT2D eigenvalue weighted by Gasteiger charge is 2.33. The van der Waals surface area contributed by atoms with Gasteiger partial charge in [0.15, 0.2) is 5.60 Å². The van der Waals surface area contributed by atoms with Crippen LogP contribution in [0.25, 0.3) is 0 Å². The first kappa shape index (κ1) is 26.7. The summed E-state index contributed by atoms with van der Waals surface area (Å²) in [5, 5.41) is 9.14. The van der Waals surface area contributed by atoms with Gasteiger partial charge in [0.1, 0.15) is 5.75 Å². The van der Waals surface area contributed by atoms with Crippen molar-refractivity contribution < 1.29 is 36.2 Å². The van der Waals surface area contributed by atoms with Crippen LogP contribution in [0, 0.1) is 0 Å². The summed E-state index contributed by atoms with van der Waals surface area (Å²) in [6.07, 6.45) is -3.12. The second-order valence-electron chi connectivity index (χ2n) is 8.09. The molecule has 2 aromatic rings. The van der Waals surface area contributed by atoms with Crippen LogP contribution >= 0.6 is 0 Å². The summed E-state index contributed by atoms with van der Waals surface area (Å²) in [5.74, 6) is -0.699. The highest BCUT2D eigenvalue weighted by Crippen LogP contribution is 2.31. The van der Waals surface area contributed by atoms with Gasteiger partial charge in [0.05, 0.1) is 10.5 Å². The number of hydrogen-bond acceptors (Lipinski definition) is 4. The van der Waals surface area contributed by atoms with E-state index in [1.807, 2.05) is 0 Å². The van der Waals surface area contributed by atoms with E-state index in [2.05, 4.69) is 0 Å². The minimum Gasteiger partial charge on any atom is -0.478 e. The zero-order chi connectivity index (χ0) is 24.9. The van der Waals surface area contributed by atoms with E-state index in [4.69, 9.17) is 9.84 Å². The fraction of sp³-hybridized carbons (Fsp3) is 0.435. The molecule has 0 aliphatic heterocycles. The Morgan fingerprint density at radius 1 is 1.06 bits per heavy atom. The van der Waals surface area contributed by atoms with Crippen LogP contribution in [0.2, 0.25) is 0 Å². The van der Waals surface area contributed by atoms with Crippen molar-refractivity contribution in [3.63, 3.8) is 0 Å². The van der Waals surface area contributed by atoms with E-state index in [0.717, 1.165) is 17.7 Å². The summed E-state index contributed by atoms with van der Waals surface area (Å²) in [6, 6.07) is 10.6. The van der Waals surface area contributed by atoms with Gasteiger partial charge in [-0.15, -0.1) is 0 Å². The summed E-state index contributed by atoms with van der Waals surface area (Å²) in [4.78, 5) is 10.8. The van der Waals surface area contributed by atoms with Crippen LogP contribution < -0.4 is 4.74 Å². The van der Waals surface area contributed by atoms with Crippen LogP contribution in [0.1, 0.15) is 44.7 Å². The minimum atomic E-state index is -4.63. The van der Waals surface area contributed by atoms with Gasteiger partial charge in [0.2, 0.25) is 10.0 Å². The van der Waals surface area contributed by atoms with E-state index < -0.39 is 33.3 Å². The van der Waals surface area contributed by atoms with Crippen molar-refractivity contribution in [2.24, 2.45) is 0 Å². The molecule has 0 amide bonds. The predicted molar refractivity (Wildman–Crippen MR) is 118 cm³/mol. The Morgan fingerprint density at radius 3 is 2.24 bits per heavy atom. The number of halogens is 3. The maximum absolute atomic E-state index is 13.0. The molecule has 0 bridgehead atoms. The number of aryl methyl sites for hydroxylation is 1. The van der Waals surface area contributed by atoms with Crippen molar-refractivity contribution in [3.8, 4) is 5.75 Å². The van der Waals surface area contributed by atoms with Crippen LogP contribution in [0.15, 0.2) is 53.4 Å². The number of ether oxygens (including phenoxy) is 1. The van der Waals surface area contributed by atoms with Crippen molar-refractivity contribution in [2.45, 2.75) is 56.7 Å². The Kier molecular flexibility index (Phi) is 8.53. The summed E-state index contributed by atoms with van der Waals surface area (Å²) < 4.78 is 71.6. The molecule has 0 saturated carbocycles. The van der Waals surface area contributed by atoms with Crippen molar-refractivity contribution in [1.82, 2.24) is 4.31 Å². The third kappa shape index (κ3) is 7.20. The molecule has 0 radical (unpaired) electrons. The van der Waals surface area contributed by atoms with Crippen LogP contribution in [0.3, 0.4) is 0 Å². The maximum atomic E-state index is 13.0. The number of aliphatic carboxylic acids is 1. The standard InChI is InChI=1S/C23H28F3NO5S/c1-4-14-27(33(30,31)20-9-5-8-18(16-20)23(24,25)26)15-6-7-17-10-12-19(13-11-17)32-22(2,3)21(28)29/h5,8-13,16H,4,6-7,14-15H2,1-3H3,(H,28,29). The number of sulfonamides is 1. The number of benzene rings is 2. The lowest BCUT2D eigenvalue weighted by Crippen LogP contribution is -2.37. The van der Waals surface area contributed by atoms with E-state index >= 15 is 0 Å². The summed E-state index contributed by atoms with van der Waals surface area (Å²) in [6.45, 7) is 5.02. The lowest BCUT2D eigenvalue weighted by molar-refractivity contribution is -0.152. The number of carboxylic acid groups (broad SMARTS) is 1. The Bertz CT molecular complexity index is 1050. The number of rotatable bonds is 11. The normalized spacial score (nSPS) is 12.7. The Morgan fingerprint density at radius 2 is 1.70 bits per heavy atom. The molecule has 10 heteroatoms. The lowest BCUT2D eigenvalue weighted by Gasteiger charge is -2.22. The monoisotopic (exact) mass is 487 g/mol. The van der Waals surface area contributed by atoms with Crippen LogP contribution in [0.5, 0.6) is 5.75 Å². The molecule has 182 valence electrons. The van der Waals surface area contributed by atoms with Gasteiger partial charge in [0.25, 0.3) is 0 Å². The quantitative estimate of drug-likeness (QED) is 0.483. The molecule has 0 heterocycles. The van der Waals surface area contributed by atoms with Crippen molar-refractivity contribution in [1.29, 1.82) is 0 Å². The maximum Gasteiger partial charge on any atom is 0.416 e. The predicted octanol–water partition coefficient (Wildman–Crippen LogP) is 4.98. The summed E-state index contributed by atoms with van der Waals surface area (Å²) in [7, 11) is -4.08. The fourth-order valence-corrected chi connectivity index (χ4v) is 4.72. The van der Waals surface area contributed by atoms with Crippen molar-refractivity contribution in [3.05, 3.63) is 59.7 Å². The molecule has 0 aromatic heterocycles. The van der Waals surface area contributed by atoms with Crippen LogP contribution in [0.4, 0.5) is 13.2 Å². The van der Waals surface area contributed by atoms with Gasteiger partial charge in [-0.3, -0.25) is 0 Å². The first-order chi connectivity index (χ1) is 15.3. The van der Waals surface area contributed by atoms with E-state index in [0.29, 0.717) is 31.1 Å². The fourth-order valence-electron chi connectivity index (χ4n) is 3.11. The van der Waals surface area contributed by atoms with Gasteiger partial charge in [-0.2, -0.15) is 17.5 Å². The molecule has 0 fully saturated rings. The van der Waals surface area contributed by atoms with E-state index in [-0.39, 0.29) is 18.0 Å². The molecular weight excluding hydrogens is 459 g/mol. The van der Waals surface area contributed by atoms with Gasteiger partial charge in [-0.25, -0.2) is 13.2 Å². The Labute approximate surface area is 192 Å². The van der Waals surface area contributed by atoms with Gasteiger partial charge >= 0.3 is 12.1 Å². The first-order valence-corrected chi connectivity index (χ1v) is 11.9. The van der Waals surface area contributed by atoms with E-state index in [1.165, 1.54) is 24.2 Å². The smallest absolute Gasteiger partial charge is 0.416 e. The highest BCUT2D eigenvalue weighted by molar-refractivity contribution is 7.89. The number of hydrogen-bond donors (Lipinski definition) is 1. The van der Waals surface area contributed by atoms with Crippen LogP contribution in [-0.4, -0.2) is 42.5 Å². The van der Waals surface area contributed by atoms with Gasteiger partial charge in [-0.1, -0.05) is 25.1 Å². The lowest BCUT2D eigenvalue weighted by atomic mass is 10.1. The zero-order valence-corrected chi connectivity index (χ0v) is 19.5. The highest BCUT2D eigenvalue weighted by atomic mass is 32.2.